The van der Waals surface area contributed by atoms with Crippen molar-refractivity contribution in [2.24, 2.45) is 0 Å². The largest absolute Gasteiger partial charge is 0.444 e. The van der Waals surface area contributed by atoms with E-state index in [0.717, 1.165) is 16.6 Å². The quantitative estimate of drug-likeness (QED) is 0.940. The van der Waals surface area contributed by atoms with Gasteiger partial charge in [0.1, 0.15) is 5.60 Å². The van der Waals surface area contributed by atoms with Gasteiger partial charge < -0.3 is 10.1 Å². The van der Waals surface area contributed by atoms with Gasteiger partial charge in [-0.3, -0.25) is 9.97 Å². The van der Waals surface area contributed by atoms with Gasteiger partial charge in [0.25, 0.3) is 0 Å². The lowest BCUT2D eigenvalue weighted by Crippen LogP contribution is -2.32. The second-order valence-corrected chi connectivity index (χ2v) is 5.59. The highest BCUT2D eigenvalue weighted by molar-refractivity contribution is 5.77. The van der Waals surface area contributed by atoms with Gasteiger partial charge in [0.2, 0.25) is 0 Å². The number of benzene rings is 1. The molecule has 0 aliphatic rings. The van der Waals surface area contributed by atoms with Crippen molar-refractivity contribution in [1.29, 1.82) is 0 Å². The summed E-state index contributed by atoms with van der Waals surface area (Å²) in [5.41, 5.74) is 2.24. The predicted molar refractivity (Wildman–Crippen MR) is 82.8 cm³/mol. The number of carbonyl (C=O) groups is 1. The molecule has 0 bridgehead atoms. The Balaban J connectivity index is 1.90. The van der Waals surface area contributed by atoms with Gasteiger partial charge in [-0.05, 0) is 38.5 Å². The molecule has 0 radical (unpaired) electrons. The van der Waals surface area contributed by atoms with Crippen molar-refractivity contribution in [1.82, 2.24) is 15.3 Å². The summed E-state index contributed by atoms with van der Waals surface area (Å²) < 4.78 is 5.15. The van der Waals surface area contributed by atoms with Gasteiger partial charge in [-0.2, -0.15) is 0 Å². The Morgan fingerprint density at radius 2 is 1.95 bits per heavy atom. The van der Waals surface area contributed by atoms with Gasteiger partial charge in [-0.15, -0.1) is 0 Å². The summed E-state index contributed by atoms with van der Waals surface area (Å²) >= 11 is 0. The van der Waals surface area contributed by atoms with Gasteiger partial charge in [0, 0.05) is 18.9 Å². The molecule has 5 nitrogen and oxygen atoms in total. The number of hydrogen-bond donors (Lipinski definition) is 1. The van der Waals surface area contributed by atoms with E-state index in [1.54, 1.807) is 12.4 Å². The molecule has 0 saturated heterocycles. The minimum atomic E-state index is -0.481. The molecule has 0 saturated carbocycles. The number of amides is 1. The van der Waals surface area contributed by atoms with E-state index >= 15 is 0 Å². The highest BCUT2D eigenvalue weighted by Crippen LogP contribution is 2.12. The minimum Gasteiger partial charge on any atom is -0.444 e. The maximum absolute atomic E-state index is 11.5. The molecule has 1 aromatic heterocycles. The SMILES string of the molecule is CC(C)(C)OC(=O)NCC=Cc1ccc2nccnc2c1. The first-order valence-corrected chi connectivity index (χ1v) is 6.78. The number of rotatable bonds is 3. The fourth-order valence-electron chi connectivity index (χ4n) is 1.74. The van der Waals surface area contributed by atoms with E-state index in [1.165, 1.54) is 0 Å². The Bertz CT molecular complexity index is 660. The lowest BCUT2D eigenvalue weighted by molar-refractivity contribution is 0.0534. The molecule has 0 fully saturated rings. The summed E-state index contributed by atoms with van der Waals surface area (Å²) in [6.45, 7) is 5.91. The topological polar surface area (TPSA) is 64.1 Å². The molecule has 2 aromatic rings. The number of aromatic nitrogens is 2. The molecule has 21 heavy (non-hydrogen) atoms. The van der Waals surface area contributed by atoms with E-state index in [4.69, 9.17) is 4.74 Å². The normalized spacial score (nSPS) is 11.8. The number of fused-ring (bicyclic) bond motifs is 1. The first kappa shape index (κ1) is 15.0. The van der Waals surface area contributed by atoms with E-state index in [9.17, 15) is 4.79 Å². The molecule has 1 heterocycles. The van der Waals surface area contributed by atoms with Crippen molar-refractivity contribution < 1.29 is 9.53 Å². The molecule has 1 aromatic carbocycles. The van der Waals surface area contributed by atoms with Crippen LogP contribution in [0.2, 0.25) is 0 Å². The van der Waals surface area contributed by atoms with E-state index in [0.29, 0.717) is 6.54 Å². The zero-order valence-corrected chi connectivity index (χ0v) is 12.5. The molecule has 0 aliphatic carbocycles. The molecule has 110 valence electrons. The van der Waals surface area contributed by atoms with Crippen LogP contribution in [0.3, 0.4) is 0 Å². The summed E-state index contributed by atoms with van der Waals surface area (Å²) in [7, 11) is 0. The van der Waals surface area contributed by atoms with Crippen LogP contribution >= 0.6 is 0 Å². The molecular formula is C16H19N3O2. The standard InChI is InChI=1S/C16H19N3O2/c1-16(2,3)21-15(20)19-8-4-5-12-6-7-13-14(11-12)18-10-9-17-13/h4-7,9-11H,8H2,1-3H3,(H,19,20). The fraction of sp³-hybridized carbons (Fsp3) is 0.312. The molecule has 1 N–H and O–H groups in total. The van der Waals surface area contributed by atoms with Crippen LogP contribution in [0.4, 0.5) is 4.79 Å². The molecule has 0 unspecified atom stereocenters. The molecule has 1 amide bonds. The number of carbonyl (C=O) groups excluding carboxylic acids is 1. The lowest BCUT2D eigenvalue weighted by Gasteiger charge is -2.19. The average Bonchev–Trinajstić information content (AvgIpc) is 2.41. The van der Waals surface area contributed by atoms with Crippen LogP contribution in [0.5, 0.6) is 0 Å². The Morgan fingerprint density at radius 1 is 1.24 bits per heavy atom. The van der Waals surface area contributed by atoms with Crippen LogP contribution in [0.15, 0.2) is 36.7 Å². The van der Waals surface area contributed by atoms with Gasteiger partial charge in [-0.1, -0.05) is 18.2 Å². The van der Waals surface area contributed by atoms with Crippen LogP contribution in [-0.2, 0) is 4.74 Å². The number of nitrogens with zero attached hydrogens (tertiary/aromatic N) is 2. The Hall–Kier alpha value is -2.43. The van der Waals surface area contributed by atoms with Gasteiger partial charge >= 0.3 is 6.09 Å². The van der Waals surface area contributed by atoms with E-state index in [-0.39, 0.29) is 0 Å². The first-order valence-electron chi connectivity index (χ1n) is 6.78. The van der Waals surface area contributed by atoms with Gasteiger partial charge in [0.15, 0.2) is 0 Å². The van der Waals surface area contributed by atoms with E-state index in [1.807, 2.05) is 51.1 Å². The van der Waals surface area contributed by atoms with Crippen molar-refractivity contribution in [3.8, 4) is 0 Å². The summed E-state index contributed by atoms with van der Waals surface area (Å²) in [5, 5.41) is 2.67. The Labute approximate surface area is 124 Å². The van der Waals surface area contributed by atoms with E-state index < -0.39 is 11.7 Å². The van der Waals surface area contributed by atoms with E-state index in [2.05, 4.69) is 15.3 Å². The first-order chi connectivity index (χ1) is 9.94. The molecule has 2 rings (SSSR count). The number of nitrogens with one attached hydrogen (secondary N) is 1. The Morgan fingerprint density at radius 3 is 2.67 bits per heavy atom. The third-order valence-electron chi connectivity index (χ3n) is 2.57. The van der Waals surface area contributed by atoms with Crippen LogP contribution in [0.25, 0.3) is 17.1 Å². The smallest absolute Gasteiger partial charge is 0.407 e. The van der Waals surface area contributed by atoms with Crippen molar-refractivity contribution in [2.45, 2.75) is 26.4 Å². The highest BCUT2D eigenvalue weighted by atomic mass is 16.6. The Kier molecular flexibility index (Phi) is 4.52. The van der Waals surface area contributed by atoms with Crippen LogP contribution < -0.4 is 5.32 Å². The summed E-state index contributed by atoms with van der Waals surface area (Å²) in [5.74, 6) is 0. The summed E-state index contributed by atoms with van der Waals surface area (Å²) in [6.07, 6.45) is 6.70. The third-order valence-corrected chi connectivity index (χ3v) is 2.57. The van der Waals surface area contributed by atoms with Crippen molar-refractivity contribution in [3.63, 3.8) is 0 Å². The molecule has 5 heteroatoms. The highest BCUT2D eigenvalue weighted by Gasteiger charge is 2.14. The minimum absolute atomic E-state index is 0.410. The van der Waals surface area contributed by atoms with Crippen LogP contribution in [-0.4, -0.2) is 28.2 Å². The van der Waals surface area contributed by atoms with Gasteiger partial charge in [-0.25, -0.2) is 4.79 Å². The summed E-state index contributed by atoms with van der Waals surface area (Å²) in [4.78, 5) is 19.9. The number of ether oxygens (including phenoxy) is 1. The number of hydrogen-bond acceptors (Lipinski definition) is 4. The van der Waals surface area contributed by atoms with Crippen molar-refractivity contribution in [3.05, 3.63) is 42.2 Å². The maximum atomic E-state index is 11.5. The third kappa shape index (κ3) is 4.87. The van der Waals surface area contributed by atoms with Crippen LogP contribution in [0.1, 0.15) is 26.3 Å². The zero-order valence-electron chi connectivity index (χ0n) is 12.5. The van der Waals surface area contributed by atoms with Crippen molar-refractivity contribution in [2.75, 3.05) is 6.54 Å². The molecular weight excluding hydrogens is 266 g/mol. The average molecular weight is 285 g/mol. The van der Waals surface area contributed by atoms with Crippen LogP contribution in [0, 0.1) is 0 Å². The summed E-state index contributed by atoms with van der Waals surface area (Å²) in [6, 6.07) is 5.83. The monoisotopic (exact) mass is 285 g/mol. The number of alkyl carbamates (subject to hydrolysis) is 1. The molecule has 0 atom stereocenters. The van der Waals surface area contributed by atoms with Crippen molar-refractivity contribution >= 4 is 23.2 Å². The second-order valence-electron chi connectivity index (χ2n) is 5.59. The second kappa shape index (κ2) is 6.35. The fourth-order valence-corrected chi connectivity index (χ4v) is 1.74. The molecule has 0 aliphatic heterocycles. The zero-order chi connectivity index (χ0) is 15.3. The molecule has 0 spiro atoms. The maximum Gasteiger partial charge on any atom is 0.407 e. The lowest BCUT2D eigenvalue weighted by atomic mass is 10.2. The predicted octanol–water partition coefficient (Wildman–Crippen LogP) is 3.17. The van der Waals surface area contributed by atoms with Gasteiger partial charge in [0.05, 0.1) is 11.0 Å².